The third kappa shape index (κ3) is 5.39. The fourth-order valence-electron chi connectivity index (χ4n) is 5.14. The summed E-state index contributed by atoms with van der Waals surface area (Å²) in [6.45, 7) is 0.486. The lowest BCUT2D eigenvalue weighted by Gasteiger charge is -2.29. The monoisotopic (exact) mass is 528 g/mol. The van der Waals surface area contributed by atoms with Gasteiger partial charge in [-0.15, -0.1) is 0 Å². The van der Waals surface area contributed by atoms with Crippen LogP contribution in [0.15, 0.2) is 67.3 Å². The second kappa shape index (κ2) is 10.7. The van der Waals surface area contributed by atoms with Crippen LogP contribution in [0.3, 0.4) is 0 Å². The molecule has 6 rings (SSSR count). The van der Waals surface area contributed by atoms with E-state index in [1.165, 1.54) is 18.5 Å². The van der Waals surface area contributed by atoms with Crippen LogP contribution in [0.5, 0.6) is 5.75 Å². The Morgan fingerprint density at radius 1 is 1.10 bits per heavy atom. The van der Waals surface area contributed by atoms with Crippen molar-refractivity contribution in [3.8, 4) is 5.75 Å². The number of amides is 1. The number of nitrogens with one attached hydrogen (secondary N) is 2. The molecule has 1 fully saturated rings. The van der Waals surface area contributed by atoms with E-state index in [1.807, 2.05) is 41.2 Å². The normalized spacial score (nSPS) is 17.4. The zero-order chi connectivity index (χ0) is 26.8. The van der Waals surface area contributed by atoms with E-state index in [0.29, 0.717) is 18.1 Å². The number of carbonyl (C=O) groups excluding carboxylic acids is 1. The molecule has 200 valence electrons. The molecule has 2 aromatic carbocycles. The summed E-state index contributed by atoms with van der Waals surface area (Å²) in [7, 11) is 0. The highest BCUT2D eigenvalue weighted by Gasteiger charge is 2.25. The van der Waals surface area contributed by atoms with Crippen LogP contribution < -0.4 is 21.1 Å². The molecule has 1 aliphatic rings. The number of anilines is 2. The van der Waals surface area contributed by atoms with Crippen LogP contribution in [0.4, 0.5) is 15.9 Å². The summed E-state index contributed by atoms with van der Waals surface area (Å²) in [5, 5.41) is 16.2. The summed E-state index contributed by atoms with van der Waals surface area (Å²) >= 11 is 0. The molecule has 3 aromatic heterocycles. The highest BCUT2D eigenvalue weighted by molar-refractivity contribution is 5.86. The number of aromatic nitrogens is 5. The minimum Gasteiger partial charge on any atom is -0.488 e. The van der Waals surface area contributed by atoms with Gasteiger partial charge in [-0.05, 0) is 61.6 Å². The van der Waals surface area contributed by atoms with Crippen LogP contribution in [-0.2, 0) is 11.3 Å². The maximum atomic E-state index is 13.6. The van der Waals surface area contributed by atoms with Crippen molar-refractivity contribution < 1.29 is 13.9 Å². The first-order valence-electron chi connectivity index (χ1n) is 13.0. The molecule has 0 aliphatic heterocycles. The highest BCUT2D eigenvalue weighted by Crippen LogP contribution is 2.32. The maximum Gasteiger partial charge on any atom is 0.233 e. The molecule has 5 aromatic rings. The van der Waals surface area contributed by atoms with Gasteiger partial charge < -0.3 is 21.1 Å². The number of carbonyl (C=O) groups is 1. The molecule has 0 bridgehead atoms. The van der Waals surface area contributed by atoms with Crippen LogP contribution in [-0.4, -0.2) is 49.0 Å². The molecule has 0 saturated heterocycles. The summed E-state index contributed by atoms with van der Waals surface area (Å²) in [6, 6.07) is 14.5. The van der Waals surface area contributed by atoms with Gasteiger partial charge in [0.2, 0.25) is 5.91 Å². The molecule has 1 amide bonds. The molecule has 0 atom stereocenters. The van der Waals surface area contributed by atoms with E-state index in [2.05, 4.69) is 25.8 Å². The Bertz CT molecular complexity index is 1620. The minimum absolute atomic E-state index is 0.00706. The van der Waals surface area contributed by atoms with Crippen LogP contribution in [0.25, 0.3) is 16.4 Å². The number of fused-ring (bicyclic) bond motifs is 2. The summed E-state index contributed by atoms with van der Waals surface area (Å²) in [6.07, 6.45) is 8.54. The van der Waals surface area contributed by atoms with Crippen molar-refractivity contribution in [3.05, 3.63) is 78.6 Å². The van der Waals surface area contributed by atoms with E-state index >= 15 is 0 Å². The van der Waals surface area contributed by atoms with Crippen LogP contribution in [0.2, 0.25) is 0 Å². The average Bonchev–Trinajstić information content (AvgIpc) is 3.54. The Balaban J connectivity index is 1.18. The quantitative estimate of drug-likeness (QED) is 0.280. The van der Waals surface area contributed by atoms with Gasteiger partial charge in [-0.2, -0.15) is 10.2 Å². The van der Waals surface area contributed by atoms with E-state index in [9.17, 15) is 9.18 Å². The molecule has 1 saturated carbocycles. The van der Waals surface area contributed by atoms with Crippen molar-refractivity contribution in [1.82, 2.24) is 29.7 Å². The number of benzene rings is 2. The molecule has 39 heavy (non-hydrogen) atoms. The summed E-state index contributed by atoms with van der Waals surface area (Å²) in [5.41, 5.74) is 8.80. The van der Waals surface area contributed by atoms with Crippen molar-refractivity contribution in [2.24, 2.45) is 5.73 Å². The van der Waals surface area contributed by atoms with Crippen molar-refractivity contribution in [1.29, 1.82) is 0 Å². The lowest BCUT2D eigenvalue weighted by Crippen LogP contribution is -2.42. The van der Waals surface area contributed by atoms with Gasteiger partial charge >= 0.3 is 0 Å². The molecule has 0 unspecified atom stereocenters. The largest absolute Gasteiger partial charge is 0.488 e. The first-order chi connectivity index (χ1) is 19.1. The maximum absolute atomic E-state index is 13.6. The fraction of sp³-hybridized carbons (Fsp3) is 0.286. The van der Waals surface area contributed by atoms with E-state index < -0.39 is 0 Å². The van der Waals surface area contributed by atoms with E-state index in [4.69, 9.17) is 10.5 Å². The lowest BCUT2D eigenvalue weighted by molar-refractivity contribution is -0.120. The van der Waals surface area contributed by atoms with Crippen molar-refractivity contribution >= 4 is 33.8 Å². The number of hydrogen-bond acceptors (Lipinski definition) is 7. The Morgan fingerprint density at radius 2 is 1.97 bits per heavy atom. The topological polar surface area (TPSA) is 124 Å². The molecule has 0 spiro atoms. The number of nitrogens with zero attached hydrogens (tertiary/aromatic N) is 5. The van der Waals surface area contributed by atoms with Gasteiger partial charge in [0, 0.05) is 29.4 Å². The summed E-state index contributed by atoms with van der Waals surface area (Å²) in [4.78, 5) is 16.1. The van der Waals surface area contributed by atoms with Gasteiger partial charge in [-0.1, -0.05) is 12.1 Å². The smallest absolute Gasteiger partial charge is 0.233 e. The summed E-state index contributed by atoms with van der Waals surface area (Å²) < 4.78 is 23.6. The predicted molar refractivity (Wildman–Crippen MR) is 145 cm³/mol. The first-order valence-corrected chi connectivity index (χ1v) is 13.0. The Labute approximate surface area is 224 Å². The number of nitrogens with two attached hydrogens (primary N) is 1. The second-order valence-electron chi connectivity index (χ2n) is 9.78. The lowest BCUT2D eigenvalue weighted by atomic mass is 9.93. The molecule has 3 heterocycles. The van der Waals surface area contributed by atoms with Crippen LogP contribution >= 0.6 is 0 Å². The predicted octanol–water partition coefficient (Wildman–Crippen LogP) is 3.77. The fourth-order valence-corrected chi connectivity index (χ4v) is 5.14. The third-order valence-corrected chi connectivity index (χ3v) is 7.06. The third-order valence-electron chi connectivity index (χ3n) is 7.06. The number of ether oxygens (including phenoxy) is 1. The highest BCUT2D eigenvalue weighted by atomic mass is 19.1. The Hall–Kier alpha value is -4.51. The van der Waals surface area contributed by atoms with Gasteiger partial charge in [0.25, 0.3) is 0 Å². The van der Waals surface area contributed by atoms with Gasteiger partial charge in [-0.3, -0.25) is 9.48 Å². The average molecular weight is 529 g/mol. The second-order valence-corrected chi connectivity index (χ2v) is 9.78. The number of halogens is 1. The summed E-state index contributed by atoms with van der Waals surface area (Å²) in [5.74, 6) is 0.948. The van der Waals surface area contributed by atoms with Gasteiger partial charge in [-0.25, -0.2) is 13.9 Å². The molecule has 4 N–H and O–H groups in total. The Kier molecular flexibility index (Phi) is 6.80. The molecular weight excluding hydrogens is 499 g/mol. The minimum atomic E-state index is -0.260. The van der Waals surface area contributed by atoms with Crippen LogP contribution in [0, 0.1) is 5.82 Å². The van der Waals surface area contributed by atoms with Crippen molar-refractivity contribution in [2.45, 2.75) is 44.4 Å². The van der Waals surface area contributed by atoms with Crippen molar-refractivity contribution in [3.63, 3.8) is 0 Å². The van der Waals surface area contributed by atoms with Gasteiger partial charge in [0.05, 0.1) is 30.9 Å². The number of rotatable bonds is 8. The van der Waals surface area contributed by atoms with Crippen LogP contribution in [0.1, 0.15) is 31.2 Å². The zero-order valence-corrected chi connectivity index (χ0v) is 21.3. The molecule has 10 nitrogen and oxygen atoms in total. The number of hydrogen-bond donors (Lipinski definition) is 3. The Morgan fingerprint density at radius 3 is 2.79 bits per heavy atom. The molecular formula is C28H29FN8O2. The van der Waals surface area contributed by atoms with Crippen molar-refractivity contribution in [2.75, 3.05) is 11.9 Å². The molecule has 0 radical (unpaired) electrons. The standard InChI is InChI=1S/C28H29FN8O2/c29-20-3-1-2-18(12-20)16-37-24-9-6-22(13-19(24)15-32-37)35-28-27-25(10-11-36(27)33-17-31-28)39-23-7-4-21(5-8-23)34-26(38)14-30/h1-3,6,9-13,15,17,21,23H,4-5,7-8,14,16,30H2,(H,34,38)(H,31,33,35). The van der Waals surface area contributed by atoms with E-state index in [0.717, 1.165) is 53.4 Å². The van der Waals surface area contributed by atoms with E-state index in [1.54, 1.807) is 16.8 Å². The molecule has 1 aliphatic carbocycles. The van der Waals surface area contributed by atoms with E-state index in [-0.39, 0.29) is 30.4 Å². The zero-order valence-electron chi connectivity index (χ0n) is 21.3. The molecule has 11 heteroatoms. The van der Waals surface area contributed by atoms with Gasteiger partial charge in [0.15, 0.2) is 11.6 Å². The van der Waals surface area contributed by atoms with Gasteiger partial charge in [0.1, 0.15) is 17.7 Å². The SMILES string of the molecule is NCC(=O)NC1CCC(Oc2ccn3ncnc(Nc4ccc5c(cnn5Cc5cccc(F)c5)c4)c23)CC1. The first kappa shape index (κ1) is 24.8.